The molecule has 0 bridgehead atoms. The Morgan fingerprint density at radius 1 is 1.04 bits per heavy atom. The zero-order chi connectivity index (χ0) is 18.1. The number of hydrogen-bond donors (Lipinski definition) is 1. The number of imide groups is 1. The second-order valence-corrected chi connectivity index (χ2v) is 5.61. The van der Waals surface area contributed by atoms with Crippen LogP contribution in [0.1, 0.15) is 38.0 Å². The van der Waals surface area contributed by atoms with Crippen LogP contribution in [0.3, 0.4) is 0 Å². The lowest BCUT2D eigenvalue weighted by molar-refractivity contribution is -0.114. The monoisotopic (exact) mass is 358 g/mol. The Bertz CT molecular complexity index is 890. The molecule has 0 aromatic heterocycles. The Labute approximate surface area is 147 Å². The molecule has 0 saturated heterocycles. The van der Waals surface area contributed by atoms with Gasteiger partial charge in [-0.1, -0.05) is 28.8 Å². The molecule has 0 spiro atoms. The fourth-order valence-electron chi connectivity index (χ4n) is 2.34. The van der Waals surface area contributed by atoms with E-state index in [4.69, 9.17) is 16.4 Å². The molecular formula is C17H11ClN2O5. The third kappa shape index (κ3) is 3.09. The lowest BCUT2D eigenvalue weighted by Gasteiger charge is -2.13. The first kappa shape index (κ1) is 16.7. The van der Waals surface area contributed by atoms with E-state index in [0.29, 0.717) is 10.8 Å². The van der Waals surface area contributed by atoms with E-state index in [1.807, 2.05) is 0 Å². The van der Waals surface area contributed by atoms with Gasteiger partial charge in [-0.3, -0.25) is 14.4 Å². The maximum atomic E-state index is 12.3. The molecule has 126 valence electrons. The van der Waals surface area contributed by atoms with Crippen LogP contribution in [0.4, 0.5) is 5.69 Å². The number of carbonyl (C=O) groups excluding carboxylic acids is 4. The quantitative estimate of drug-likeness (QED) is 0.851. The molecule has 1 aliphatic rings. The van der Waals surface area contributed by atoms with Crippen LogP contribution in [0.25, 0.3) is 0 Å². The smallest absolute Gasteiger partial charge is 0.326 e. The summed E-state index contributed by atoms with van der Waals surface area (Å²) in [4.78, 5) is 52.6. The fraction of sp³-hybridized carbons (Fsp3) is 0.0588. The number of hydroxylamine groups is 2. The number of amides is 3. The summed E-state index contributed by atoms with van der Waals surface area (Å²) in [5.74, 6) is -2.70. The van der Waals surface area contributed by atoms with Crippen molar-refractivity contribution >= 4 is 41.0 Å². The van der Waals surface area contributed by atoms with Gasteiger partial charge >= 0.3 is 5.97 Å². The molecule has 0 atom stereocenters. The first-order chi connectivity index (χ1) is 11.9. The predicted molar refractivity (Wildman–Crippen MR) is 88.1 cm³/mol. The summed E-state index contributed by atoms with van der Waals surface area (Å²) in [5, 5.41) is 2.93. The van der Waals surface area contributed by atoms with Crippen molar-refractivity contribution in [3.63, 3.8) is 0 Å². The Balaban J connectivity index is 1.81. The zero-order valence-corrected chi connectivity index (χ0v) is 13.7. The van der Waals surface area contributed by atoms with Crippen molar-refractivity contribution in [2.24, 2.45) is 0 Å². The van der Waals surface area contributed by atoms with Gasteiger partial charge in [0.15, 0.2) is 0 Å². The molecule has 0 radical (unpaired) electrons. The SMILES string of the molecule is CC(=O)Nc1ccc(C(=O)ON2C(=O)c3ccccc3C2=O)c(Cl)c1. The Kier molecular flexibility index (Phi) is 4.24. The molecule has 2 aromatic rings. The molecule has 0 fully saturated rings. The van der Waals surface area contributed by atoms with Gasteiger partial charge in [-0.25, -0.2) is 4.79 Å². The van der Waals surface area contributed by atoms with Crippen molar-refractivity contribution in [1.29, 1.82) is 0 Å². The molecule has 25 heavy (non-hydrogen) atoms. The van der Waals surface area contributed by atoms with Gasteiger partial charge in [-0.2, -0.15) is 0 Å². The van der Waals surface area contributed by atoms with Crippen molar-refractivity contribution in [2.45, 2.75) is 6.92 Å². The van der Waals surface area contributed by atoms with Crippen LogP contribution in [0, 0.1) is 0 Å². The maximum absolute atomic E-state index is 12.3. The number of anilines is 1. The number of rotatable bonds is 3. The summed E-state index contributed by atoms with van der Waals surface area (Å²) >= 11 is 6.01. The lowest BCUT2D eigenvalue weighted by Crippen LogP contribution is -2.32. The first-order valence-electron chi connectivity index (χ1n) is 7.15. The van der Waals surface area contributed by atoms with Crippen LogP contribution >= 0.6 is 11.6 Å². The standard InChI is InChI=1S/C17H11ClN2O5/c1-9(21)19-10-6-7-13(14(18)8-10)17(24)25-20-15(22)11-4-2-3-5-12(11)16(20)23/h2-8H,1H3,(H,19,21). The number of nitrogens with zero attached hydrogens (tertiary/aromatic N) is 1. The Morgan fingerprint density at radius 3 is 2.16 bits per heavy atom. The van der Waals surface area contributed by atoms with E-state index in [1.54, 1.807) is 12.1 Å². The van der Waals surface area contributed by atoms with Crippen LogP contribution in [0.15, 0.2) is 42.5 Å². The van der Waals surface area contributed by atoms with Crippen LogP contribution in [-0.2, 0) is 9.63 Å². The highest BCUT2D eigenvalue weighted by Crippen LogP contribution is 2.26. The summed E-state index contributed by atoms with van der Waals surface area (Å²) in [5.41, 5.74) is 0.668. The van der Waals surface area contributed by atoms with E-state index in [-0.39, 0.29) is 27.6 Å². The second kappa shape index (κ2) is 6.37. The molecule has 8 heteroatoms. The molecule has 1 aliphatic heterocycles. The van der Waals surface area contributed by atoms with Crippen molar-refractivity contribution in [1.82, 2.24) is 5.06 Å². The van der Waals surface area contributed by atoms with E-state index in [1.165, 1.54) is 37.3 Å². The van der Waals surface area contributed by atoms with E-state index in [2.05, 4.69) is 5.32 Å². The predicted octanol–water partition coefficient (Wildman–Crippen LogP) is 2.67. The highest BCUT2D eigenvalue weighted by Gasteiger charge is 2.39. The summed E-state index contributed by atoms with van der Waals surface area (Å²) in [6.45, 7) is 1.33. The number of fused-ring (bicyclic) bond motifs is 1. The third-order valence-corrected chi connectivity index (χ3v) is 3.75. The van der Waals surface area contributed by atoms with Gasteiger partial charge in [-0.15, -0.1) is 0 Å². The van der Waals surface area contributed by atoms with Gasteiger partial charge in [0.25, 0.3) is 11.8 Å². The van der Waals surface area contributed by atoms with Gasteiger partial charge in [0.2, 0.25) is 5.91 Å². The number of nitrogens with one attached hydrogen (secondary N) is 1. The van der Waals surface area contributed by atoms with E-state index >= 15 is 0 Å². The van der Waals surface area contributed by atoms with Gasteiger partial charge in [0, 0.05) is 12.6 Å². The molecule has 0 aliphatic carbocycles. The highest BCUT2D eigenvalue weighted by atomic mass is 35.5. The normalized spacial score (nSPS) is 12.8. The van der Waals surface area contributed by atoms with Crippen molar-refractivity contribution in [3.8, 4) is 0 Å². The average molecular weight is 359 g/mol. The van der Waals surface area contributed by atoms with Crippen molar-refractivity contribution < 1.29 is 24.0 Å². The Morgan fingerprint density at radius 2 is 1.64 bits per heavy atom. The van der Waals surface area contributed by atoms with Gasteiger partial charge < -0.3 is 10.2 Å². The van der Waals surface area contributed by atoms with E-state index in [9.17, 15) is 19.2 Å². The minimum atomic E-state index is -0.964. The summed E-state index contributed by atoms with van der Waals surface area (Å²) in [7, 11) is 0. The van der Waals surface area contributed by atoms with Crippen molar-refractivity contribution in [3.05, 3.63) is 64.2 Å². The molecule has 0 saturated carbocycles. The number of halogens is 1. The highest BCUT2D eigenvalue weighted by molar-refractivity contribution is 6.34. The fourth-order valence-corrected chi connectivity index (χ4v) is 2.60. The molecule has 3 rings (SSSR count). The minimum absolute atomic E-state index is 0.00728. The molecular weight excluding hydrogens is 348 g/mol. The number of hydrogen-bond acceptors (Lipinski definition) is 5. The van der Waals surface area contributed by atoms with Crippen LogP contribution in [-0.4, -0.2) is 28.8 Å². The third-order valence-electron chi connectivity index (χ3n) is 3.44. The number of benzene rings is 2. The van der Waals surface area contributed by atoms with Gasteiger partial charge in [0.05, 0.1) is 21.7 Å². The maximum Gasteiger partial charge on any atom is 0.365 e. The van der Waals surface area contributed by atoms with E-state index < -0.39 is 17.8 Å². The molecule has 3 amide bonds. The lowest BCUT2D eigenvalue weighted by atomic mass is 10.1. The summed E-state index contributed by atoms with van der Waals surface area (Å²) in [6, 6.07) is 10.3. The molecule has 7 nitrogen and oxygen atoms in total. The molecule has 2 aromatic carbocycles. The summed E-state index contributed by atoms with van der Waals surface area (Å²) < 4.78 is 0. The average Bonchev–Trinajstić information content (AvgIpc) is 2.80. The molecule has 0 unspecified atom stereocenters. The molecule has 1 N–H and O–H groups in total. The van der Waals surface area contributed by atoms with Crippen LogP contribution < -0.4 is 5.32 Å². The second-order valence-electron chi connectivity index (χ2n) is 5.20. The van der Waals surface area contributed by atoms with E-state index in [0.717, 1.165) is 0 Å². The first-order valence-corrected chi connectivity index (χ1v) is 7.53. The Hall–Kier alpha value is -3.19. The van der Waals surface area contributed by atoms with Crippen LogP contribution in [0.5, 0.6) is 0 Å². The number of carbonyl (C=O) groups is 4. The topological polar surface area (TPSA) is 92.8 Å². The zero-order valence-electron chi connectivity index (χ0n) is 12.9. The van der Waals surface area contributed by atoms with Gasteiger partial charge in [0.1, 0.15) is 0 Å². The van der Waals surface area contributed by atoms with Crippen molar-refractivity contribution in [2.75, 3.05) is 5.32 Å². The summed E-state index contributed by atoms with van der Waals surface area (Å²) in [6.07, 6.45) is 0. The minimum Gasteiger partial charge on any atom is -0.326 e. The molecule has 1 heterocycles. The van der Waals surface area contributed by atoms with Gasteiger partial charge in [-0.05, 0) is 30.3 Å². The largest absolute Gasteiger partial charge is 0.365 e. The van der Waals surface area contributed by atoms with Crippen LogP contribution in [0.2, 0.25) is 5.02 Å².